The van der Waals surface area contributed by atoms with Crippen molar-refractivity contribution >= 4 is 29.5 Å². The average Bonchev–Trinajstić information content (AvgIpc) is 3.08. The van der Waals surface area contributed by atoms with E-state index < -0.39 is 28.9 Å². The number of esters is 1. The van der Waals surface area contributed by atoms with Crippen LogP contribution in [0.25, 0.3) is 0 Å². The number of likely N-dealkylation sites (tertiary alicyclic amines) is 1. The van der Waals surface area contributed by atoms with Crippen LogP contribution in [0.4, 0.5) is 4.79 Å². The lowest BCUT2D eigenvalue weighted by molar-refractivity contribution is -0.145. The molecule has 7 nitrogen and oxygen atoms in total. The Balaban J connectivity index is 2.27. The molecule has 8 heteroatoms. The van der Waals surface area contributed by atoms with Crippen LogP contribution in [-0.4, -0.2) is 54.6 Å². The van der Waals surface area contributed by atoms with Crippen LogP contribution in [0.3, 0.4) is 0 Å². The molecule has 172 valence electrons. The first-order valence-corrected chi connectivity index (χ1v) is 10.8. The summed E-state index contributed by atoms with van der Waals surface area (Å²) in [5.41, 5.74) is -0.0366. The third-order valence-corrected chi connectivity index (χ3v) is 5.56. The van der Waals surface area contributed by atoms with E-state index in [1.54, 1.807) is 17.0 Å². The van der Waals surface area contributed by atoms with Crippen LogP contribution in [0, 0.1) is 11.3 Å². The lowest BCUT2D eigenvalue weighted by Crippen LogP contribution is -2.58. The Morgan fingerprint density at radius 2 is 1.65 bits per heavy atom. The number of nitrogens with one attached hydrogen (secondary N) is 2. The number of halogens is 1. The lowest BCUT2D eigenvalue weighted by Gasteiger charge is -2.34. The van der Waals surface area contributed by atoms with Gasteiger partial charge in [0.15, 0.2) is 0 Å². The zero-order chi connectivity index (χ0) is 23.6. The van der Waals surface area contributed by atoms with Crippen LogP contribution >= 0.6 is 11.6 Å². The zero-order valence-electron chi connectivity index (χ0n) is 19.4. The molecule has 1 aliphatic rings. The maximum absolute atomic E-state index is 13.5. The summed E-state index contributed by atoms with van der Waals surface area (Å²) in [4.78, 5) is 40.1. The zero-order valence-corrected chi connectivity index (χ0v) is 20.2. The fraction of sp³-hybridized carbons (Fsp3) is 0.609. The van der Waals surface area contributed by atoms with Gasteiger partial charge in [0, 0.05) is 29.6 Å². The highest BCUT2D eigenvalue weighted by atomic mass is 35.5. The van der Waals surface area contributed by atoms with Gasteiger partial charge >= 0.3 is 12.0 Å². The molecule has 1 aromatic carbocycles. The predicted molar refractivity (Wildman–Crippen MR) is 121 cm³/mol. The summed E-state index contributed by atoms with van der Waals surface area (Å²) in [5, 5.41) is 6.27. The molecule has 0 radical (unpaired) electrons. The second kappa shape index (κ2) is 9.47. The lowest BCUT2D eigenvalue weighted by atomic mass is 9.85. The smallest absolute Gasteiger partial charge is 0.315 e. The molecule has 31 heavy (non-hydrogen) atoms. The molecule has 1 aromatic rings. The van der Waals surface area contributed by atoms with Gasteiger partial charge in [0.05, 0.1) is 13.0 Å². The normalized spacial score (nSPS) is 20.2. The number of methoxy groups -OCH3 is 1. The summed E-state index contributed by atoms with van der Waals surface area (Å²) >= 11 is 6.01. The van der Waals surface area contributed by atoms with Gasteiger partial charge in [-0.1, -0.05) is 44.5 Å². The van der Waals surface area contributed by atoms with Crippen LogP contribution in [0.1, 0.15) is 53.0 Å². The minimum absolute atomic E-state index is 0.210. The second-order valence-electron chi connectivity index (χ2n) is 10.2. The molecule has 1 aliphatic heterocycles. The average molecular weight is 452 g/mol. The quantitative estimate of drug-likeness (QED) is 0.685. The first-order valence-electron chi connectivity index (χ1n) is 10.4. The molecule has 2 rings (SSSR count). The first-order chi connectivity index (χ1) is 14.2. The van der Waals surface area contributed by atoms with Gasteiger partial charge in [0.1, 0.15) is 6.04 Å². The first kappa shape index (κ1) is 25.0. The molecule has 0 aromatic heterocycles. The van der Waals surface area contributed by atoms with Gasteiger partial charge in [-0.3, -0.25) is 9.59 Å². The van der Waals surface area contributed by atoms with Gasteiger partial charge < -0.3 is 20.3 Å². The van der Waals surface area contributed by atoms with Gasteiger partial charge in [-0.25, -0.2) is 4.79 Å². The van der Waals surface area contributed by atoms with Gasteiger partial charge in [0.2, 0.25) is 5.91 Å². The van der Waals surface area contributed by atoms with Gasteiger partial charge in [0.25, 0.3) is 0 Å². The standard InChI is InChI=1S/C23H34ClN3O4/c1-22(2,3)18(25-21(30)26-23(4,5)6)19(28)27-12-16(17(13-27)20(29)31-7)14-8-10-15(24)11-9-14/h8-11,16-18H,12-13H2,1-7H3,(H2,25,26,30)/t16-,17+,18?/m0/s1. The van der Waals surface area contributed by atoms with Crippen molar-refractivity contribution < 1.29 is 19.1 Å². The number of hydrogen-bond acceptors (Lipinski definition) is 4. The van der Waals surface area contributed by atoms with E-state index in [-0.39, 0.29) is 24.3 Å². The summed E-state index contributed by atoms with van der Waals surface area (Å²) in [7, 11) is 1.35. The number of benzene rings is 1. The molecular formula is C23H34ClN3O4. The summed E-state index contributed by atoms with van der Waals surface area (Å²) < 4.78 is 5.00. The topological polar surface area (TPSA) is 87.7 Å². The summed E-state index contributed by atoms with van der Waals surface area (Å²) in [5.74, 6) is -1.28. The van der Waals surface area contributed by atoms with Crippen molar-refractivity contribution in [1.82, 2.24) is 15.5 Å². The molecule has 3 atom stereocenters. The highest BCUT2D eigenvalue weighted by Crippen LogP contribution is 2.35. The van der Waals surface area contributed by atoms with Crippen molar-refractivity contribution in [2.75, 3.05) is 20.2 Å². The Labute approximate surface area is 189 Å². The molecule has 0 saturated carbocycles. The largest absolute Gasteiger partial charge is 0.469 e. The Morgan fingerprint density at radius 3 is 2.13 bits per heavy atom. The number of carbonyl (C=O) groups excluding carboxylic acids is 3. The third-order valence-electron chi connectivity index (χ3n) is 5.31. The van der Waals surface area contributed by atoms with E-state index in [1.807, 2.05) is 53.7 Å². The number of urea groups is 1. The van der Waals surface area contributed by atoms with Crippen molar-refractivity contribution in [2.45, 2.75) is 59.0 Å². The van der Waals surface area contributed by atoms with Crippen molar-refractivity contribution in [2.24, 2.45) is 11.3 Å². The second-order valence-corrected chi connectivity index (χ2v) is 10.6. The minimum atomic E-state index is -0.753. The molecule has 1 saturated heterocycles. The molecule has 0 spiro atoms. The number of carbonyl (C=O) groups is 3. The SMILES string of the molecule is COC(=O)[C@@H]1CN(C(=O)C(NC(=O)NC(C)(C)C)C(C)(C)C)C[C@H]1c1ccc(Cl)cc1. The number of rotatable bonds is 4. The predicted octanol–water partition coefficient (Wildman–Crippen LogP) is 3.57. The van der Waals surface area contributed by atoms with Crippen LogP contribution in [-0.2, 0) is 14.3 Å². The highest BCUT2D eigenvalue weighted by Gasteiger charge is 2.45. The fourth-order valence-electron chi connectivity index (χ4n) is 3.76. The third kappa shape index (κ3) is 6.60. The van der Waals surface area contributed by atoms with E-state index >= 15 is 0 Å². The van der Waals surface area contributed by atoms with Crippen LogP contribution in [0.5, 0.6) is 0 Å². The molecular weight excluding hydrogens is 418 g/mol. The van der Waals surface area contributed by atoms with E-state index in [1.165, 1.54) is 7.11 Å². The van der Waals surface area contributed by atoms with Crippen LogP contribution < -0.4 is 10.6 Å². The molecule has 3 amide bonds. The highest BCUT2D eigenvalue weighted by molar-refractivity contribution is 6.30. The Hall–Kier alpha value is -2.28. The number of nitrogens with zero attached hydrogens (tertiary/aromatic N) is 1. The number of hydrogen-bond donors (Lipinski definition) is 2. The van der Waals surface area contributed by atoms with Crippen molar-refractivity contribution in [3.63, 3.8) is 0 Å². The van der Waals surface area contributed by atoms with Crippen molar-refractivity contribution in [1.29, 1.82) is 0 Å². The maximum Gasteiger partial charge on any atom is 0.315 e. The summed E-state index contributed by atoms with van der Waals surface area (Å²) in [6.45, 7) is 11.9. The van der Waals surface area contributed by atoms with Gasteiger partial charge in [-0.15, -0.1) is 0 Å². The molecule has 0 bridgehead atoms. The minimum Gasteiger partial charge on any atom is -0.469 e. The molecule has 1 unspecified atom stereocenters. The Morgan fingerprint density at radius 1 is 1.06 bits per heavy atom. The number of amides is 3. The molecule has 1 fully saturated rings. The van der Waals surface area contributed by atoms with E-state index in [0.29, 0.717) is 11.6 Å². The Bertz CT molecular complexity index is 812. The molecule has 2 N–H and O–H groups in total. The van der Waals surface area contributed by atoms with Gasteiger partial charge in [-0.2, -0.15) is 0 Å². The number of ether oxygens (including phenoxy) is 1. The molecule has 1 heterocycles. The Kier molecular flexibility index (Phi) is 7.63. The maximum atomic E-state index is 13.5. The fourth-order valence-corrected chi connectivity index (χ4v) is 3.89. The van der Waals surface area contributed by atoms with Gasteiger partial charge in [-0.05, 0) is 43.9 Å². The summed E-state index contributed by atoms with van der Waals surface area (Å²) in [6.07, 6.45) is 0. The van der Waals surface area contributed by atoms with Crippen LogP contribution in [0.2, 0.25) is 5.02 Å². The van der Waals surface area contributed by atoms with E-state index in [9.17, 15) is 14.4 Å². The van der Waals surface area contributed by atoms with E-state index in [4.69, 9.17) is 16.3 Å². The summed E-state index contributed by atoms with van der Waals surface area (Å²) in [6, 6.07) is 6.12. The van der Waals surface area contributed by atoms with E-state index in [2.05, 4.69) is 10.6 Å². The van der Waals surface area contributed by atoms with Crippen molar-refractivity contribution in [3.05, 3.63) is 34.9 Å². The monoisotopic (exact) mass is 451 g/mol. The van der Waals surface area contributed by atoms with Crippen molar-refractivity contribution in [3.8, 4) is 0 Å². The molecule has 0 aliphatic carbocycles. The van der Waals surface area contributed by atoms with E-state index in [0.717, 1.165) is 5.56 Å². The van der Waals surface area contributed by atoms with Crippen LogP contribution in [0.15, 0.2) is 24.3 Å².